The van der Waals surface area contributed by atoms with Crippen molar-refractivity contribution in [3.05, 3.63) is 21.7 Å². The summed E-state index contributed by atoms with van der Waals surface area (Å²) < 4.78 is 5.97. The standard InChI is InChI=1S/C27H42N2O5S/c1-15-9-8-10-21-22(34-21)12-20(16(2)11-19-14-35-18(4)28-19)29(7)24(31)13-23(30)27(5,6)26(33)17(3)25(15)32/h11,14-15,17,20-23,25,30,32H,8-10,12-13H2,1-7H3/b16-11+/t15-,17+,20-,21+,22-,23-,25-/m0/s1. The van der Waals surface area contributed by atoms with Crippen molar-refractivity contribution in [3.63, 3.8) is 0 Å². The first-order chi connectivity index (χ1) is 16.3. The van der Waals surface area contributed by atoms with E-state index in [0.29, 0.717) is 6.42 Å². The molecule has 3 heterocycles. The van der Waals surface area contributed by atoms with Gasteiger partial charge in [0.1, 0.15) is 5.78 Å². The summed E-state index contributed by atoms with van der Waals surface area (Å²) in [5.41, 5.74) is 0.730. The van der Waals surface area contributed by atoms with Gasteiger partial charge in [0.25, 0.3) is 0 Å². The number of aromatic nitrogens is 1. The zero-order valence-electron chi connectivity index (χ0n) is 22.2. The van der Waals surface area contributed by atoms with E-state index in [1.807, 2.05) is 32.2 Å². The molecule has 0 aromatic carbocycles. The number of amides is 1. The number of ketones is 1. The van der Waals surface area contributed by atoms with Crippen LogP contribution in [0.5, 0.6) is 0 Å². The lowest BCUT2D eigenvalue weighted by Gasteiger charge is -2.36. The summed E-state index contributed by atoms with van der Waals surface area (Å²) in [6.07, 6.45) is 3.41. The molecule has 2 saturated heterocycles. The minimum Gasteiger partial charge on any atom is -0.392 e. The average Bonchev–Trinajstić information content (AvgIpc) is 3.42. The van der Waals surface area contributed by atoms with Crippen LogP contribution in [0.1, 0.15) is 77.4 Å². The Balaban J connectivity index is 1.87. The highest BCUT2D eigenvalue weighted by molar-refractivity contribution is 7.09. The maximum atomic E-state index is 13.3. The van der Waals surface area contributed by atoms with Gasteiger partial charge < -0.3 is 19.8 Å². The van der Waals surface area contributed by atoms with Crippen molar-refractivity contribution in [2.45, 2.75) is 104 Å². The number of hydrogen-bond acceptors (Lipinski definition) is 7. The minimum absolute atomic E-state index is 0.0424. The van der Waals surface area contributed by atoms with E-state index in [1.54, 1.807) is 44.1 Å². The summed E-state index contributed by atoms with van der Waals surface area (Å²) in [6.45, 7) is 11.0. The number of nitrogens with zero attached hydrogens (tertiary/aromatic N) is 2. The Bertz CT molecular complexity index is 942. The number of aliphatic hydroxyl groups excluding tert-OH is 2. The highest BCUT2D eigenvalue weighted by atomic mass is 32.1. The lowest BCUT2D eigenvalue weighted by Crippen LogP contribution is -2.47. The topological polar surface area (TPSA) is 103 Å². The van der Waals surface area contributed by atoms with Crippen molar-refractivity contribution in [3.8, 4) is 0 Å². The van der Waals surface area contributed by atoms with Crippen LogP contribution in [0.25, 0.3) is 6.08 Å². The quantitative estimate of drug-likeness (QED) is 0.588. The first-order valence-corrected chi connectivity index (χ1v) is 13.6. The van der Waals surface area contributed by atoms with Gasteiger partial charge in [-0.25, -0.2) is 4.98 Å². The van der Waals surface area contributed by atoms with Gasteiger partial charge in [-0.05, 0) is 44.3 Å². The van der Waals surface area contributed by atoms with Crippen LogP contribution in [-0.2, 0) is 14.3 Å². The fourth-order valence-electron chi connectivity index (χ4n) is 5.23. The number of ether oxygens (including phenoxy) is 1. The molecular formula is C27H42N2O5S. The fraction of sp³-hybridized carbons (Fsp3) is 0.741. The SMILES string of the molecule is C/C(=C\c1csc(C)n1)[C@@H]1C[C@@H]2O[C@@H]2CCC[C@H](C)[C@H](O)[C@@H](C)C(=O)C(C)(C)[C@@H](O)CC(=O)N1C. The van der Waals surface area contributed by atoms with E-state index in [2.05, 4.69) is 4.98 Å². The van der Waals surface area contributed by atoms with E-state index in [-0.39, 0.29) is 42.3 Å². The van der Waals surface area contributed by atoms with Gasteiger partial charge in [-0.15, -0.1) is 11.3 Å². The van der Waals surface area contributed by atoms with Crippen LogP contribution in [0, 0.1) is 24.2 Å². The number of likely N-dealkylation sites (N-methyl/N-ethyl adjacent to an activating group) is 1. The molecule has 35 heavy (non-hydrogen) atoms. The molecule has 0 bridgehead atoms. The van der Waals surface area contributed by atoms with E-state index >= 15 is 0 Å². The second kappa shape index (κ2) is 11.2. The molecule has 3 rings (SSSR count). The third-order valence-electron chi connectivity index (χ3n) is 8.04. The average molecular weight is 507 g/mol. The summed E-state index contributed by atoms with van der Waals surface area (Å²) in [5, 5.41) is 24.8. The van der Waals surface area contributed by atoms with Crippen LogP contribution in [0.2, 0.25) is 0 Å². The molecule has 2 aliphatic heterocycles. The van der Waals surface area contributed by atoms with Gasteiger partial charge in [0, 0.05) is 24.8 Å². The zero-order valence-corrected chi connectivity index (χ0v) is 23.0. The number of rotatable bonds is 2. The molecule has 0 radical (unpaired) electrons. The van der Waals surface area contributed by atoms with Gasteiger partial charge in [0.2, 0.25) is 5.91 Å². The Morgan fingerprint density at radius 3 is 2.54 bits per heavy atom. The molecule has 2 aliphatic rings. The first-order valence-electron chi connectivity index (χ1n) is 12.7. The van der Waals surface area contributed by atoms with Crippen molar-refractivity contribution in [1.82, 2.24) is 9.88 Å². The maximum absolute atomic E-state index is 13.3. The van der Waals surface area contributed by atoms with E-state index in [1.165, 1.54) is 0 Å². The van der Waals surface area contributed by atoms with Crippen LogP contribution in [-0.4, -0.2) is 69.3 Å². The molecule has 1 aromatic rings. The fourth-order valence-corrected chi connectivity index (χ4v) is 5.81. The summed E-state index contributed by atoms with van der Waals surface area (Å²) in [5.74, 6) is -1.11. The number of Topliss-reactive ketones (excluding diaryl/α,β-unsaturated/α-hetero) is 1. The molecule has 2 N–H and O–H groups in total. The molecule has 0 saturated carbocycles. The molecule has 2 fully saturated rings. The third kappa shape index (κ3) is 6.59. The highest BCUT2D eigenvalue weighted by Gasteiger charge is 2.44. The predicted molar refractivity (Wildman–Crippen MR) is 138 cm³/mol. The minimum atomic E-state index is -1.16. The number of fused-ring (bicyclic) bond motifs is 1. The third-order valence-corrected chi connectivity index (χ3v) is 8.83. The largest absolute Gasteiger partial charge is 0.392 e. The Morgan fingerprint density at radius 1 is 1.23 bits per heavy atom. The molecular weight excluding hydrogens is 464 g/mol. The van der Waals surface area contributed by atoms with E-state index in [0.717, 1.165) is 35.5 Å². The molecule has 0 spiro atoms. The molecule has 7 atom stereocenters. The van der Waals surface area contributed by atoms with Gasteiger partial charge >= 0.3 is 0 Å². The number of carbonyl (C=O) groups excluding carboxylic acids is 2. The molecule has 0 unspecified atom stereocenters. The van der Waals surface area contributed by atoms with Gasteiger partial charge in [-0.1, -0.05) is 34.1 Å². The lowest BCUT2D eigenvalue weighted by molar-refractivity contribution is -0.145. The second-order valence-electron chi connectivity index (χ2n) is 11.1. The van der Waals surface area contributed by atoms with E-state index in [9.17, 15) is 19.8 Å². The normalized spacial score (nSPS) is 35.6. The maximum Gasteiger partial charge on any atom is 0.225 e. The van der Waals surface area contributed by atoms with Gasteiger partial charge in [-0.3, -0.25) is 9.59 Å². The Morgan fingerprint density at radius 2 is 1.91 bits per heavy atom. The summed E-state index contributed by atoms with van der Waals surface area (Å²) in [4.78, 5) is 32.8. The number of epoxide rings is 1. The number of hydrogen-bond donors (Lipinski definition) is 2. The number of aryl methyl sites for hydroxylation is 1. The van der Waals surface area contributed by atoms with Crippen LogP contribution >= 0.6 is 11.3 Å². The predicted octanol–water partition coefficient (Wildman–Crippen LogP) is 4.00. The summed E-state index contributed by atoms with van der Waals surface area (Å²) >= 11 is 1.59. The summed E-state index contributed by atoms with van der Waals surface area (Å²) in [6, 6.07) is -0.196. The van der Waals surface area contributed by atoms with Crippen molar-refractivity contribution in [2.24, 2.45) is 17.3 Å². The van der Waals surface area contributed by atoms with Gasteiger partial charge in [-0.2, -0.15) is 0 Å². The smallest absolute Gasteiger partial charge is 0.225 e. The van der Waals surface area contributed by atoms with Crippen molar-refractivity contribution < 1.29 is 24.5 Å². The molecule has 196 valence electrons. The van der Waals surface area contributed by atoms with Crippen LogP contribution in [0.15, 0.2) is 11.0 Å². The van der Waals surface area contributed by atoms with Crippen molar-refractivity contribution >= 4 is 29.1 Å². The second-order valence-corrected chi connectivity index (χ2v) is 12.2. The number of carbonyl (C=O) groups is 2. The van der Waals surface area contributed by atoms with Crippen molar-refractivity contribution in [1.29, 1.82) is 0 Å². The Kier molecular flexibility index (Phi) is 8.95. The van der Waals surface area contributed by atoms with Crippen molar-refractivity contribution in [2.75, 3.05) is 7.05 Å². The van der Waals surface area contributed by atoms with Crippen LogP contribution < -0.4 is 0 Å². The molecule has 8 heteroatoms. The van der Waals surface area contributed by atoms with Gasteiger partial charge in [0.15, 0.2) is 0 Å². The Labute approximate surface area is 213 Å². The Hall–Kier alpha value is -1.61. The first kappa shape index (κ1) is 28.0. The van der Waals surface area contributed by atoms with E-state index in [4.69, 9.17) is 4.74 Å². The monoisotopic (exact) mass is 506 g/mol. The number of aliphatic hydroxyl groups is 2. The summed E-state index contributed by atoms with van der Waals surface area (Å²) in [7, 11) is 1.76. The molecule has 7 nitrogen and oxygen atoms in total. The van der Waals surface area contributed by atoms with Crippen LogP contribution in [0.3, 0.4) is 0 Å². The van der Waals surface area contributed by atoms with Gasteiger partial charge in [0.05, 0.1) is 53.0 Å². The zero-order chi connectivity index (χ0) is 26.1. The van der Waals surface area contributed by atoms with E-state index < -0.39 is 23.5 Å². The number of thiazole rings is 1. The molecule has 1 amide bonds. The lowest BCUT2D eigenvalue weighted by atomic mass is 9.73. The molecule has 1 aromatic heterocycles. The highest BCUT2D eigenvalue weighted by Crippen LogP contribution is 2.36. The van der Waals surface area contributed by atoms with Crippen LogP contribution in [0.4, 0.5) is 0 Å². The molecule has 0 aliphatic carbocycles.